The van der Waals surface area contributed by atoms with Crippen molar-refractivity contribution in [2.45, 2.75) is 0 Å². The highest BCUT2D eigenvalue weighted by Gasteiger charge is 2.14. The van der Waals surface area contributed by atoms with Gasteiger partial charge in [-0.2, -0.15) is 4.98 Å². The van der Waals surface area contributed by atoms with Crippen LogP contribution in [0.5, 0.6) is 5.75 Å². The van der Waals surface area contributed by atoms with Crippen molar-refractivity contribution >= 4 is 38.9 Å². The van der Waals surface area contributed by atoms with E-state index in [4.69, 9.17) is 4.74 Å². The van der Waals surface area contributed by atoms with Crippen LogP contribution < -0.4 is 20.1 Å². The molecule has 0 atom stereocenters. The first-order valence-electron chi connectivity index (χ1n) is 11.5. The number of nitrogens with zero attached hydrogens (tertiary/aromatic N) is 4. The van der Waals surface area contributed by atoms with E-state index in [0.29, 0.717) is 18.0 Å². The summed E-state index contributed by atoms with van der Waals surface area (Å²) in [6.45, 7) is 5.76. The van der Waals surface area contributed by atoms with Crippen molar-refractivity contribution in [3.05, 3.63) is 60.5 Å². The van der Waals surface area contributed by atoms with Crippen LogP contribution in [-0.2, 0) is 10.0 Å². The van der Waals surface area contributed by atoms with Gasteiger partial charge in [0, 0.05) is 38.4 Å². The van der Waals surface area contributed by atoms with Crippen LogP contribution in [0.15, 0.2) is 54.7 Å². The normalized spacial score (nSPS) is 14.9. The molecule has 36 heavy (non-hydrogen) atoms. The van der Waals surface area contributed by atoms with Crippen molar-refractivity contribution in [1.29, 1.82) is 0 Å². The molecule has 1 aliphatic heterocycles. The number of likely N-dealkylation sites (N-methyl/N-ethyl adjacent to an activating group) is 1. The minimum absolute atomic E-state index is 0.0980. The molecule has 12 heteroatoms. The Morgan fingerprint density at radius 2 is 1.69 bits per heavy atom. The van der Waals surface area contributed by atoms with Crippen LogP contribution >= 0.6 is 0 Å². The molecule has 0 saturated carbocycles. The van der Waals surface area contributed by atoms with Crippen molar-refractivity contribution < 1.29 is 17.5 Å². The van der Waals surface area contributed by atoms with Gasteiger partial charge < -0.3 is 20.3 Å². The topological polar surface area (TPSA) is 112 Å². The fraction of sp³-hybridized carbons (Fsp3) is 0.333. The van der Waals surface area contributed by atoms with Crippen LogP contribution in [0.2, 0.25) is 0 Å². The average molecular weight is 516 g/mol. The number of halogens is 1. The lowest BCUT2D eigenvalue weighted by Crippen LogP contribution is -2.45. The van der Waals surface area contributed by atoms with E-state index in [1.54, 1.807) is 24.3 Å². The van der Waals surface area contributed by atoms with E-state index in [-0.39, 0.29) is 17.5 Å². The second kappa shape index (κ2) is 11.5. The third-order valence-electron chi connectivity index (χ3n) is 5.60. The molecule has 0 amide bonds. The Morgan fingerprint density at radius 3 is 2.39 bits per heavy atom. The smallest absolute Gasteiger partial charge is 0.229 e. The number of nitrogens with one attached hydrogen (secondary N) is 3. The summed E-state index contributed by atoms with van der Waals surface area (Å²) in [4.78, 5) is 12.9. The average Bonchev–Trinajstić information content (AvgIpc) is 2.84. The fourth-order valence-corrected chi connectivity index (χ4v) is 4.23. The Morgan fingerprint density at radius 1 is 1.00 bits per heavy atom. The summed E-state index contributed by atoms with van der Waals surface area (Å²) in [5.74, 6) is 0.154. The highest BCUT2D eigenvalue weighted by Crippen LogP contribution is 2.27. The fourth-order valence-electron chi connectivity index (χ4n) is 3.65. The lowest BCUT2D eigenvalue weighted by atomic mass is 10.2. The van der Waals surface area contributed by atoms with Crippen molar-refractivity contribution in [2.24, 2.45) is 0 Å². The van der Waals surface area contributed by atoms with Gasteiger partial charge in [-0.1, -0.05) is 12.1 Å². The van der Waals surface area contributed by atoms with Crippen LogP contribution in [0.25, 0.3) is 0 Å². The number of anilines is 5. The standard InChI is InChI=1S/C24H30FN7O3S/c1-31-11-13-32(14-12-31)15-16-35-19-9-7-18(8-10-19)27-24-26-17-20(25)23(29-24)28-21-5-3-4-6-22(21)30-36(2,33)34/h3-10,17,30H,11-16H2,1-2H3,(H2,26,27,28,29). The first-order chi connectivity index (χ1) is 17.2. The maximum absolute atomic E-state index is 14.4. The number of rotatable bonds is 10. The molecule has 0 aliphatic carbocycles. The van der Waals surface area contributed by atoms with Gasteiger partial charge in [0.05, 0.1) is 23.8 Å². The molecule has 1 aromatic heterocycles. The molecule has 3 aromatic rings. The second-order valence-corrected chi connectivity index (χ2v) is 10.3. The number of benzene rings is 2. The molecule has 4 rings (SSSR count). The quantitative estimate of drug-likeness (QED) is 0.375. The van der Waals surface area contributed by atoms with E-state index in [1.165, 1.54) is 0 Å². The van der Waals surface area contributed by atoms with Gasteiger partial charge in [-0.05, 0) is 43.4 Å². The number of sulfonamides is 1. The maximum Gasteiger partial charge on any atom is 0.229 e. The van der Waals surface area contributed by atoms with Gasteiger partial charge in [0.15, 0.2) is 11.6 Å². The lowest BCUT2D eigenvalue weighted by Gasteiger charge is -2.32. The van der Waals surface area contributed by atoms with Gasteiger partial charge in [0.25, 0.3) is 0 Å². The summed E-state index contributed by atoms with van der Waals surface area (Å²) in [5, 5.41) is 5.87. The number of piperazine rings is 1. The summed E-state index contributed by atoms with van der Waals surface area (Å²) in [6.07, 6.45) is 2.08. The highest BCUT2D eigenvalue weighted by atomic mass is 32.2. The molecule has 2 aromatic carbocycles. The number of aromatic nitrogens is 2. The molecule has 10 nitrogen and oxygen atoms in total. The molecule has 0 unspecified atom stereocenters. The van der Waals surface area contributed by atoms with Crippen LogP contribution in [0.4, 0.5) is 33.2 Å². The Balaban J connectivity index is 1.35. The SMILES string of the molecule is CN1CCN(CCOc2ccc(Nc3ncc(F)c(Nc4ccccc4NS(C)(=O)=O)n3)cc2)CC1. The molecule has 2 heterocycles. The van der Waals surface area contributed by atoms with Crippen molar-refractivity contribution in [2.75, 3.05) is 68.0 Å². The van der Waals surface area contributed by atoms with E-state index in [9.17, 15) is 12.8 Å². The summed E-state index contributed by atoms with van der Waals surface area (Å²) in [6, 6.07) is 13.9. The Labute approximate surface area is 210 Å². The van der Waals surface area contributed by atoms with E-state index in [2.05, 4.69) is 42.2 Å². The summed E-state index contributed by atoms with van der Waals surface area (Å²) < 4.78 is 45.9. The second-order valence-electron chi connectivity index (χ2n) is 8.58. The predicted molar refractivity (Wildman–Crippen MR) is 139 cm³/mol. The van der Waals surface area contributed by atoms with Crippen molar-refractivity contribution in [3.63, 3.8) is 0 Å². The summed E-state index contributed by atoms with van der Waals surface area (Å²) in [5.41, 5.74) is 1.33. The molecular weight excluding hydrogens is 485 g/mol. The Kier molecular flexibility index (Phi) is 8.18. The Hall–Kier alpha value is -3.48. The third-order valence-corrected chi connectivity index (χ3v) is 6.19. The van der Waals surface area contributed by atoms with Crippen LogP contribution in [0.1, 0.15) is 0 Å². The summed E-state index contributed by atoms with van der Waals surface area (Å²) in [7, 11) is -1.38. The first-order valence-corrected chi connectivity index (χ1v) is 13.4. The van der Waals surface area contributed by atoms with E-state index in [1.807, 2.05) is 24.3 Å². The molecule has 1 fully saturated rings. The van der Waals surface area contributed by atoms with E-state index >= 15 is 0 Å². The van der Waals surface area contributed by atoms with Crippen LogP contribution in [-0.4, -0.2) is 80.8 Å². The minimum atomic E-state index is -3.51. The van der Waals surface area contributed by atoms with Gasteiger partial charge in [0.1, 0.15) is 12.4 Å². The molecule has 0 bridgehead atoms. The van der Waals surface area contributed by atoms with Gasteiger partial charge in [-0.3, -0.25) is 9.62 Å². The number of hydrogen-bond donors (Lipinski definition) is 3. The van der Waals surface area contributed by atoms with Gasteiger partial charge in [-0.15, -0.1) is 0 Å². The van der Waals surface area contributed by atoms with Crippen LogP contribution in [0, 0.1) is 5.82 Å². The number of hydrogen-bond acceptors (Lipinski definition) is 9. The highest BCUT2D eigenvalue weighted by molar-refractivity contribution is 7.92. The van der Waals surface area contributed by atoms with Crippen LogP contribution in [0.3, 0.4) is 0 Å². The molecule has 1 saturated heterocycles. The zero-order valence-electron chi connectivity index (χ0n) is 20.2. The zero-order valence-corrected chi connectivity index (χ0v) is 21.1. The van der Waals surface area contributed by atoms with E-state index in [0.717, 1.165) is 50.9 Å². The summed E-state index contributed by atoms with van der Waals surface area (Å²) >= 11 is 0. The first kappa shape index (κ1) is 25.6. The monoisotopic (exact) mass is 515 g/mol. The van der Waals surface area contributed by atoms with Gasteiger partial charge in [-0.25, -0.2) is 17.8 Å². The van der Waals surface area contributed by atoms with E-state index < -0.39 is 15.8 Å². The molecule has 3 N–H and O–H groups in total. The molecular formula is C24H30FN7O3S. The van der Waals surface area contributed by atoms with Gasteiger partial charge >= 0.3 is 0 Å². The third kappa shape index (κ3) is 7.51. The maximum atomic E-state index is 14.4. The Bertz CT molecular complexity index is 1270. The molecule has 0 spiro atoms. The number of ether oxygens (including phenoxy) is 1. The van der Waals surface area contributed by atoms with Gasteiger partial charge in [0.2, 0.25) is 16.0 Å². The minimum Gasteiger partial charge on any atom is -0.492 e. The predicted octanol–water partition coefficient (Wildman–Crippen LogP) is 3.10. The molecule has 192 valence electrons. The largest absolute Gasteiger partial charge is 0.492 e. The molecule has 1 aliphatic rings. The van der Waals surface area contributed by atoms with Crippen molar-refractivity contribution in [1.82, 2.24) is 19.8 Å². The number of para-hydroxylation sites is 2. The lowest BCUT2D eigenvalue weighted by molar-refractivity contribution is 0.134. The zero-order chi connectivity index (χ0) is 25.5. The van der Waals surface area contributed by atoms with Crippen molar-refractivity contribution in [3.8, 4) is 5.75 Å². The molecule has 0 radical (unpaired) electrons.